The van der Waals surface area contributed by atoms with E-state index in [1.807, 2.05) is 0 Å². The van der Waals surface area contributed by atoms with E-state index in [4.69, 9.17) is 4.55 Å². The Balaban J connectivity index is 1.96. The minimum Gasteiger partial charge on any atom is -0.282 e. The topological polar surface area (TPSA) is 54.4 Å². The van der Waals surface area contributed by atoms with Crippen LogP contribution in [0.3, 0.4) is 0 Å². The highest BCUT2D eigenvalue weighted by molar-refractivity contribution is 7.85. The van der Waals surface area contributed by atoms with Gasteiger partial charge in [0.2, 0.25) is 0 Å². The first-order chi connectivity index (χ1) is 14.0. The van der Waals surface area contributed by atoms with E-state index in [-0.39, 0.29) is 0 Å². The van der Waals surface area contributed by atoms with Crippen molar-refractivity contribution in [1.82, 2.24) is 0 Å². The highest BCUT2D eigenvalue weighted by Gasteiger charge is 2.17. The van der Waals surface area contributed by atoms with E-state index in [0.29, 0.717) is 12.0 Å². The third-order valence-electron chi connectivity index (χ3n) is 5.62. The molecule has 0 atom stereocenters. The summed E-state index contributed by atoms with van der Waals surface area (Å²) in [6.45, 7) is 2.26. The van der Waals surface area contributed by atoms with Gasteiger partial charge in [0, 0.05) is 0 Å². The molecule has 0 aliphatic carbocycles. The molecule has 3 nitrogen and oxygen atoms in total. The van der Waals surface area contributed by atoms with Crippen molar-refractivity contribution >= 4 is 10.1 Å². The predicted molar refractivity (Wildman–Crippen MR) is 119 cm³/mol. The first-order valence-corrected chi connectivity index (χ1v) is 13.2. The van der Waals surface area contributed by atoms with Gasteiger partial charge in [-0.3, -0.25) is 4.55 Å². The van der Waals surface area contributed by atoms with Crippen molar-refractivity contribution in [1.29, 1.82) is 0 Å². The van der Waals surface area contributed by atoms with Crippen molar-refractivity contribution in [2.75, 3.05) is 0 Å². The lowest BCUT2D eigenvalue weighted by atomic mass is 10.0. The van der Waals surface area contributed by atoms with E-state index in [0.717, 1.165) is 25.3 Å². The van der Waals surface area contributed by atoms with Gasteiger partial charge in [-0.05, 0) is 24.5 Å². The van der Waals surface area contributed by atoms with E-state index < -0.39 is 20.8 Å². The fourth-order valence-electron chi connectivity index (χ4n) is 3.81. The van der Waals surface area contributed by atoms with E-state index in [9.17, 15) is 12.8 Å². The molecule has 1 aromatic carbocycles. The molecule has 0 fully saturated rings. The van der Waals surface area contributed by atoms with Crippen molar-refractivity contribution in [3.05, 3.63) is 29.6 Å². The van der Waals surface area contributed by atoms with Gasteiger partial charge in [-0.25, -0.2) is 4.39 Å². The van der Waals surface area contributed by atoms with Crippen molar-refractivity contribution in [3.8, 4) is 0 Å². The number of rotatable bonds is 18. The Hall–Kier alpha value is -0.940. The summed E-state index contributed by atoms with van der Waals surface area (Å²) in [5.74, 6) is -0.809. The van der Waals surface area contributed by atoms with Crippen LogP contribution < -0.4 is 0 Å². The van der Waals surface area contributed by atoms with E-state index in [2.05, 4.69) is 6.92 Å². The fraction of sp³-hybridized carbons (Fsp3) is 0.750. The molecule has 1 aromatic rings. The van der Waals surface area contributed by atoms with Gasteiger partial charge in [-0.15, -0.1) is 0 Å². The zero-order chi connectivity index (χ0) is 21.4. The van der Waals surface area contributed by atoms with Gasteiger partial charge in [-0.1, -0.05) is 115 Å². The largest absolute Gasteiger partial charge is 0.297 e. The molecule has 0 saturated carbocycles. The number of benzene rings is 1. The Morgan fingerprint density at radius 3 is 1.55 bits per heavy atom. The van der Waals surface area contributed by atoms with Gasteiger partial charge in [0.1, 0.15) is 10.7 Å². The molecule has 0 aliphatic rings. The zero-order valence-electron chi connectivity index (χ0n) is 18.3. The maximum Gasteiger partial charge on any atom is 0.297 e. The average molecular weight is 429 g/mol. The smallest absolute Gasteiger partial charge is 0.282 e. The Morgan fingerprint density at radius 1 is 0.724 bits per heavy atom. The van der Waals surface area contributed by atoms with E-state index in [1.54, 1.807) is 6.07 Å². The molecule has 0 aromatic heterocycles. The molecule has 0 amide bonds. The first kappa shape index (κ1) is 26.1. The molecule has 0 aliphatic heterocycles. The molecule has 29 heavy (non-hydrogen) atoms. The molecule has 0 bridgehead atoms. The summed E-state index contributed by atoms with van der Waals surface area (Å²) in [6.07, 6.45) is 21.1. The SMILES string of the molecule is CCCCCCCCCCCCCCCCCCc1cccc(S(=O)(=O)O)c1F. The summed E-state index contributed by atoms with van der Waals surface area (Å²) in [4.78, 5) is -0.619. The van der Waals surface area contributed by atoms with Gasteiger partial charge in [0.15, 0.2) is 0 Å². The molecule has 168 valence electrons. The second kappa shape index (κ2) is 15.8. The predicted octanol–water partition coefficient (Wildman–Crippen LogP) is 7.88. The van der Waals surface area contributed by atoms with Crippen LogP contribution in [-0.4, -0.2) is 13.0 Å². The van der Waals surface area contributed by atoms with E-state index in [1.165, 1.54) is 89.5 Å². The molecule has 1 rings (SSSR count). The number of hydrogen-bond donors (Lipinski definition) is 1. The molecular weight excluding hydrogens is 387 g/mol. The third-order valence-corrected chi connectivity index (χ3v) is 6.49. The van der Waals surface area contributed by atoms with Gasteiger partial charge in [0.25, 0.3) is 10.1 Å². The van der Waals surface area contributed by atoms with Gasteiger partial charge < -0.3 is 0 Å². The quantitative estimate of drug-likeness (QED) is 0.191. The number of halogens is 1. The van der Waals surface area contributed by atoms with Crippen LogP contribution in [0.2, 0.25) is 0 Å². The van der Waals surface area contributed by atoms with Crippen LogP contribution >= 0.6 is 0 Å². The lowest BCUT2D eigenvalue weighted by Gasteiger charge is -2.07. The highest BCUT2D eigenvalue weighted by Crippen LogP contribution is 2.20. The molecule has 0 heterocycles. The van der Waals surface area contributed by atoms with Gasteiger partial charge in [0.05, 0.1) is 0 Å². The van der Waals surface area contributed by atoms with Gasteiger partial charge in [-0.2, -0.15) is 8.42 Å². The van der Waals surface area contributed by atoms with E-state index >= 15 is 0 Å². The standard InChI is InChI=1S/C24H41FO3S/c1-2-3-4-5-6-7-8-9-10-11-12-13-14-15-16-17-19-22-20-18-21-23(24(22)25)29(26,27)28/h18,20-21H,2-17,19H2,1H3,(H,26,27,28). The van der Waals surface area contributed by atoms with Crippen LogP contribution in [-0.2, 0) is 16.5 Å². The molecule has 0 spiro atoms. The minimum absolute atomic E-state index is 0.366. The molecular formula is C24H41FO3S. The Kier molecular flexibility index (Phi) is 14.3. The van der Waals surface area contributed by atoms with Gasteiger partial charge >= 0.3 is 0 Å². The summed E-state index contributed by atoms with van der Waals surface area (Å²) in [5, 5.41) is 0. The third kappa shape index (κ3) is 12.4. The Morgan fingerprint density at radius 2 is 1.14 bits per heavy atom. The molecule has 5 heteroatoms. The first-order valence-electron chi connectivity index (χ1n) is 11.7. The Labute approximate surface area is 178 Å². The summed E-state index contributed by atoms with van der Waals surface area (Å²) in [5.41, 5.74) is 0.366. The maximum atomic E-state index is 14.1. The monoisotopic (exact) mass is 428 g/mol. The summed E-state index contributed by atoms with van der Waals surface area (Å²) in [7, 11) is -4.49. The number of unbranched alkanes of at least 4 members (excludes halogenated alkanes) is 15. The summed E-state index contributed by atoms with van der Waals surface area (Å²) >= 11 is 0. The second-order valence-corrected chi connectivity index (χ2v) is 9.65. The lowest BCUT2D eigenvalue weighted by molar-refractivity contribution is 0.471. The number of aryl methyl sites for hydroxylation is 1. The number of hydrogen-bond acceptors (Lipinski definition) is 2. The van der Waals surface area contributed by atoms with Crippen LogP contribution in [0, 0.1) is 5.82 Å². The van der Waals surface area contributed by atoms with Crippen molar-refractivity contribution in [2.45, 2.75) is 121 Å². The molecule has 0 saturated heterocycles. The minimum atomic E-state index is -4.49. The van der Waals surface area contributed by atoms with Crippen LogP contribution in [0.25, 0.3) is 0 Å². The van der Waals surface area contributed by atoms with Crippen LogP contribution in [0.1, 0.15) is 115 Å². The van der Waals surface area contributed by atoms with Crippen molar-refractivity contribution in [3.63, 3.8) is 0 Å². The average Bonchev–Trinajstić information content (AvgIpc) is 2.68. The van der Waals surface area contributed by atoms with Crippen molar-refractivity contribution < 1.29 is 17.4 Å². The fourth-order valence-corrected chi connectivity index (χ4v) is 4.42. The summed E-state index contributed by atoms with van der Waals surface area (Å²) in [6, 6.07) is 4.17. The normalized spacial score (nSPS) is 11.8. The molecule has 0 unspecified atom stereocenters. The Bertz CT molecular complexity index is 644. The van der Waals surface area contributed by atoms with Crippen LogP contribution in [0.15, 0.2) is 23.1 Å². The molecule has 0 radical (unpaired) electrons. The zero-order valence-corrected chi connectivity index (χ0v) is 19.1. The van der Waals surface area contributed by atoms with Crippen LogP contribution in [0.5, 0.6) is 0 Å². The second-order valence-electron chi connectivity index (χ2n) is 8.26. The lowest BCUT2D eigenvalue weighted by Crippen LogP contribution is -2.04. The van der Waals surface area contributed by atoms with Crippen molar-refractivity contribution in [2.24, 2.45) is 0 Å². The van der Waals surface area contributed by atoms with Crippen LogP contribution in [0.4, 0.5) is 4.39 Å². The maximum absolute atomic E-state index is 14.1. The highest BCUT2D eigenvalue weighted by atomic mass is 32.2. The molecule has 1 N–H and O–H groups in total. The summed E-state index contributed by atoms with van der Waals surface area (Å²) < 4.78 is 45.5.